The molecule has 112 valence electrons. The predicted octanol–water partition coefficient (Wildman–Crippen LogP) is 2.43. The second-order valence-corrected chi connectivity index (χ2v) is 6.70. The van der Waals surface area contributed by atoms with E-state index in [0.717, 1.165) is 37.6 Å². The summed E-state index contributed by atoms with van der Waals surface area (Å²) in [5, 5.41) is 11.0. The third-order valence-electron chi connectivity index (χ3n) is 4.07. The van der Waals surface area contributed by atoms with Crippen LogP contribution in [-0.4, -0.2) is 45.4 Å². The van der Waals surface area contributed by atoms with Crippen molar-refractivity contribution in [2.24, 2.45) is 11.8 Å². The fraction of sp³-hybridized carbons (Fsp3) is 0.733. The molecule has 20 heavy (non-hydrogen) atoms. The Labute approximate surface area is 126 Å². The molecule has 0 bridgehead atoms. The van der Waals surface area contributed by atoms with Crippen LogP contribution in [0, 0.1) is 11.8 Å². The van der Waals surface area contributed by atoms with E-state index in [9.17, 15) is 5.11 Å². The normalized spacial score (nSPS) is 19.4. The van der Waals surface area contributed by atoms with Gasteiger partial charge in [-0.25, -0.2) is 9.97 Å². The molecule has 0 spiro atoms. The fourth-order valence-corrected chi connectivity index (χ4v) is 3.10. The summed E-state index contributed by atoms with van der Waals surface area (Å²) in [6.45, 7) is 7.22. The number of rotatable bonds is 5. The third kappa shape index (κ3) is 4.17. The Balaban J connectivity index is 1.81. The molecule has 1 fully saturated rings. The van der Waals surface area contributed by atoms with Crippen molar-refractivity contribution in [3.05, 3.63) is 18.0 Å². The highest BCUT2D eigenvalue weighted by Crippen LogP contribution is 2.25. The fourth-order valence-electron chi connectivity index (χ4n) is 2.79. The summed E-state index contributed by atoms with van der Waals surface area (Å²) < 4.78 is 0. The molecule has 1 saturated heterocycles. The van der Waals surface area contributed by atoms with E-state index in [1.807, 2.05) is 18.6 Å². The molecule has 1 atom stereocenters. The Kier molecular flexibility index (Phi) is 5.81. The Morgan fingerprint density at radius 3 is 2.40 bits per heavy atom. The summed E-state index contributed by atoms with van der Waals surface area (Å²) >= 11 is 1.57. The largest absolute Gasteiger partial charge is 0.393 e. The van der Waals surface area contributed by atoms with Gasteiger partial charge in [0, 0.05) is 24.5 Å². The zero-order valence-corrected chi connectivity index (χ0v) is 13.4. The Morgan fingerprint density at radius 1 is 1.30 bits per heavy atom. The van der Waals surface area contributed by atoms with Crippen molar-refractivity contribution in [1.82, 2.24) is 14.9 Å². The van der Waals surface area contributed by atoms with Gasteiger partial charge in [-0.15, -0.1) is 0 Å². The van der Waals surface area contributed by atoms with Gasteiger partial charge < -0.3 is 5.11 Å². The molecule has 0 radical (unpaired) electrons. The van der Waals surface area contributed by atoms with Gasteiger partial charge in [-0.2, -0.15) is 0 Å². The topological polar surface area (TPSA) is 49.2 Å². The van der Waals surface area contributed by atoms with E-state index < -0.39 is 0 Å². The van der Waals surface area contributed by atoms with Crippen LogP contribution < -0.4 is 0 Å². The average molecular weight is 295 g/mol. The maximum absolute atomic E-state index is 10.1. The molecular weight excluding hydrogens is 270 g/mol. The van der Waals surface area contributed by atoms with Crippen molar-refractivity contribution < 1.29 is 5.11 Å². The molecule has 0 aromatic carbocycles. The molecule has 0 amide bonds. The Morgan fingerprint density at radius 2 is 1.90 bits per heavy atom. The van der Waals surface area contributed by atoms with E-state index in [1.54, 1.807) is 11.8 Å². The highest BCUT2D eigenvalue weighted by Gasteiger charge is 2.26. The highest BCUT2D eigenvalue weighted by atomic mass is 32.2. The third-order valence-corrected chi connectivity index (χ3v) is 4.64. The van der Waals surface area contributed by atoms with Gasteiger partial charge in [-0.3, -0.25) is 4.90 Å². The maximum Gasteiger partial charge on any atom is 0.187 e. The van der Waals surface area contributed by atoms with Crippen molar-refractivity contribution >= 4 is 11.8 Å². The van der Waals surface area contributed by atoms with Gasteiger partial charge in [0.15, 0.2) is 5.16 Å². The number of hydrogen-bond acceptors (Lipinski definition) is 5. The first-order valence-electron chi connectivity index (χ1n) is 7.35. The molecule has 2 rings (SSSR count). The second kappa shape index (κ2) is 7.38. The number of nitrogens with zero attached hydrogens (tertiary/aromatic N) is 3. The predicted molar refractivity (Wildman–Crippen MR) is 82.7 cm³/mol. The lowest BCUT2D eigenvalue weighted by Gasteiger charge is -2.35. The van der Waals surface area contributed by atoms with E-state index in [-0.39, 0.29) is 6.10 Å². The molecule has 1 aromatic rings. The van der Waals surface area contributed by atoms with Crippen molar-refractivity contribution in [1.29, 1.82) is 0 Å². The highest BCUT2D eigenvalue weighted by molar-refractivity contribution is 7.98. The van der Waals surface area contributed by atoms with Gasteiger partial charge in [0.05, 0.1) is 6.10 Å². The Hall–Kier alpha value is -0.650. The number of aromatic nitrogens is 2. The zero-order valence-electron chi connectivity index (χ0n) is 12.6. The minimum absolute atomic E-state index is 0.152. The minimum atomic E-state index is -0.152. The smallest absolute Gasteiger partial charge is 0.187 e. The van der Waals surface area contributed by atoms with Crippen LogP contribution in [-0.2, 0) is 6.54 Å². The molecule has 0 unspecified atom stereocenters. The quantitative estimate of drug-likeness (QED) is 0.668. The van der Waals surface area contributed by atoms with Crippen LogP contribution in [0.15, 0.2) is 17.6 Å². The van der Waals surface area contributed by atoms with E-state index in [1.165, 1.54) is 5.56 Å². The molecule has 1 aliphatic heterocycles. The summed E-state index contributed by atoms with van der Waals surface area (Å²) in [6.07, 6.45) is 7.86. The number of hydrogen-bond donors (Lipinski definition) is 1. The van der Waals surface area contributed by atoms with Crippen LogP contribution in [0.1, 0.15) is 32.3 Å². The molecule has 0 aliphatic carbocycles. The first-order chi connectivity index (χ1) is 9.60. The number of aliphatic hydroxyl groups excluding tert-OH is 1. The molecule has 4 nitrogen and oxygen atoms in total. The number of aliphatic hydroxyl groups is 1. The standard InChI is InChI=1S/C15H25N3OS/c1-11(2)14(19)13-4-6-18(7-5-13)10-12-8-16-15(20-3)17-9-12/h8-9,11,13-14,19H,4-7,10H2,1-3H3/t14-/m1/s1. The maximum atomic E-state index is 10.1. The molecule has 1 aliphatic rings. The lowest BCUT2D eigenvalue weighted by Crippen LogP contribution is -2.39. The van der Waals surface area contributed by atoms with Crippen LogP contribution in [0.4, 0.5) is 0 Å². The summed E-state index contributed by atoms with van der Waals surface area (Å²) in [7, 11) is 0. The first kappa shape index (κ1) is 15.7. The lowest BCUT2D eigenvalue weighted by atomic mass is 9.85. The van der Waals surface area contributed by atoms with Crippen molar-refractivity contribution in [2.75, 3.05) is 19.3 Å². The summed E-state index contributed by atoms with van der Waals surface area (Å²) in [5.41, 5.74) is 1.17. The average Bonchev–Trinajstić information content (AvgIpc) is 2.48. The number of thioether (sulfide) groups is 1. The van der Waals surface area contributed by atoms with Crippen LogP contribution in [0.25, 0.3) is 0 Å². The molecule has 1 aromatic heterocycles. The van der Waals surface area contributed by atoms with Gasteiger partial charge in [-0.05, 0) is 44.0 Å². The van der Waals surface area contributed by atoms with Gasteiger partial charge in [0.25, 0.3) is 0 Å². The molecule has 5 heteroatoms. The second-order valence-electron chi connectivity index (χ2n) is 5.93. The monoisotopic (exact) mass is 295 g/mol. The molecule has 2 heterocycles. The van der Waals surface area contributed by atoms with Gasteiger partial charge in [0.1, 0.15) is 0 Å². The van der Waals surface area contributed by atoms with Crippen molar-refractivity contribution in [3.8, 4) is 0 Å². The lowest BCUT2D eigenvalue weighted by molar-refractivity contribution is 0.0269. The van der Waals surface area contributed by atoms with E-state index in [2.05, 4.69) is 28.7 Å². The van der Waals surface area contributed by atoms with Gasteiger partial charge >= 0.3 is 0 Å². The SMILES string of the molecule is CSc1ncc(CN2CCC([C@H](O)C(C)C)CC2)cn1. The van der Waals surface area contributed by atoms with E-state index in [4.69, 9.17) is 0 Å². The molecule has 1 N–H and O–H groups in total. The minimum Gasteiger partial charge on any atom is -0.393 e. The van der Waals surface area contributed by atoms with Crippen LogP contribution >= 0.6 is 11.8 Å². The van der Waals surface area contributed by atoms with E-state index >= 15 is 0 Å². The molecular formula is C15H25N3OS. The molecule has 0 saturated carbocycles. The number of piperidine rings is 1. The first-order valence-corrected chi connectivity index (χ1v) is 8.58. The Bertz CT molecular complexity index is 402. The van der Waals surface area contributed by atoms with Crippen LogP contribution in [0.2, 0.25) is 0 Å². The van der Waals surface area contributed by atoms with Gasteiger partial charge in [0.2, 0.25) is 0 Å². The summed E-state index contributed by atoms with van der Waals surface area (Å²) in [6, 6.07) is 0. The van der Waals surface area contributed by atoms with E-state index in [0.29, 0.717) is 11.8 Å². The van der Waals surface area contributed by atoms with Crippen molar-refractivity contribution in [3.63, 3.8) is 0 Å². The number of likely N-dealkylation sites (tertiary alicyclic amines) is 1. The van der Waals surface area contributed by atoms with Gasteiger partial charge in [-0.1, -0.05) is 25.6 Å². The van der Waals surface area contributed by atoms with Crippen molar-refractivity contribution in [2.45, 2.75) is 44.5 Å². The summed E-state index contributed by atoms with van der Waals surface area (Å²) in [5.74, 6) is 0.820. The van der Waals surface area contributed by atoms with Crippen LogP contribution in [0.5, 0.6) is 0 Å². The summed E-state index contributed by atoms with van der Waals surface area (Å²) in [4.78, 5) is 11.1. The zero-order chi connectivity index (χ0) is 14.5. The van der Waals surface area contributed by atoms with Crippen LogP contribution in [0.3, 0.4) is 0 Å².